The Morgan fingerprint density at radius 1 is 1.11 bits per heavy atom. The Kier molecular flexibility index (Phi) is 2.52. The Bertz CT molecular complexity index is 483. The molecule has 1 aromatic carbocycles. The average molecular weight is 260 g/mol. The van der Waals surface area contributed by atoms with Crippen LogP contribution < -0.4 is 9.47 Å². The average Bonchev–Trinajstić information content (AvgIpc) is 3.16. The highest BCUT2D eigenvalue weighted by Crippen LogP contribution is 2.46. The summed E-state index contributed by atoms with van der Waals surface area (Å²) < 4.78 is 11.8. The third kappa shape index (κ3) is 2.00. The first-order valence-corrected chi connectivity index (χ1v) is 7.41. The van der Waals surface area contributed by atoms with E-state index in [1.807, 2.05) is 0 Å². The predicted octanol–water partition coefficient (Wildman–Crippen LogP) is 2.40. The van der Waals surface area contributed by atoms with E-state index in [1.165, 1.54) is 16.7 Å². The first-order valence-electron chi connectivity index (χ1n) is 7.41. The van der Waals surface area contributed by atoms with Gasteiger partial charge in [0.05, 0.1) is 18.8 Å². The first-order chi connectivity index (χ1) is 9.25. The van der Waals surface area contributed by atoms with E-state index in [0.29, 0.717) is 0 Å². The lowest BCUT2D eigenvalue weighted by molar-refractivity contribution is 0.148. The third-order valence-electron chi connectivity index (χ3n) is 4.53. The Hall–Kier alpha value is -1.22. The standard InChI is InChI=1S/C16H20O3/c17-16(5-6-16)10-13-12-4-2-7-18-14(12)9-11-3-1-8-19-15(11)13/h9,17H,1-8,10H2. The van der Waals surface area contributed by atoms with E-state index in [2.05, 4.69) is 6.07 Å². The third-order valence-corrected chi connectivity index (χ3v) is 4.53. The molecule has 19 heavy (non-hydrogen) atoms. The van der Waals surface area contributed by atoms with Gasteiger partial charge in [0, 0.05) is 17.5 Å². The quantitative estimate of drug-likeness (QED) is 0.887. The van der Waals surface area contributed by atoms with Gasteiger partial charge in [-0.1, -0.05) is 0 Å². The van der Waals surface area contributed by atoms with Gasteiger partial charge in [-0.15, -0.1) is 0 Å². The largest absolute Gasteiger partial charge is 0.493 e. The summed E-state index contributed by atoms with van der Waals surface area (Å²) in [7, 11) is 0. The van der Waals surface area contributed by atoms with E-state index in [0.717, 1.165) is 69.7 Å². The van der Waals surface area contributed by atoms with E-state index in [1.54, 1.807) is 0 Å². The van der Waals surface area contributed by atoms with Crippen molar-refractivity contribution in [2.24, 2.45) is 0 Å². The van der Waals surface area contributed by atoms with Crippen LogP contribution in [0.3, 0.4) is 0 Å². The molecule has 2 aliphatic heterocycles. The van der Waals surface area contributed by atoms with E-state index >= 15 is 0 Å². The SMILES string of the molecule is OC1(Cc2c3c(cc4c2OCCC4)OCCC3)CC1. The Morgan fingerprint density at radius 3 is 2.74 bits per heavy atom. The van der Waals surface area contributed by atoms with Crippen LogP contribution in [0.5, 0.6) is 11.5 Å². The zero-order chi connectivity index (χ0) is 12.9. The minimum atomic E-state index is -0.471. The molecule has 0 spiro atoms. The molecule has 3 heteroatoms. The molecule has 0 bridgehead atoms. The summed E-state index contributed by atoms with van der Waals surface area (Å²) in [6.45, 7) is 1.62. The zero-order valence-corrected chi connectivity index (χ0v) is 11.2. The summed E-state index contributed by atoms with van der Waals surface area (Å²) in [4.78, 5) is 0. The molecule has 3 aliphatic rings. The van der Waals surface area contributed by atoms with Gasteiger partial charge in [-0.25, -0.2) is 0 Å². The molecule has 0 unspecified atom stereocenters. The fourth-order valence-electron chi connectivity index (χ4n) is 3.26. The van der Waals surface area contributed by atoms with E-state index in [4.69, 9.17) is 9.47 Å². The molecule has 0 radical (unpaired) electrons. The monoisotopic (exact) mass is 260 g/mol. The van der Waals surface area contributed by atoms with Crippen molar-refractivity contribution in [3.63, 3.8) is 0 Å². The zero-order valence-electron chi connectivity index (χ0n) is 11.2. The summed E-state index contributed by atoms with van der Waals surface area (Å²) in [5.74, 6) is 2.09. The summed E-state index contributed by atoms with van der Waals surface area (Å²) >= 11 is 0. The summed E-state index contributed by atoms with van der Waals surface area (Å²) in [6, 6.07) is 2.17. The van der Waals surface area contributed by atoms with Crippen LogP contribution in [0, 0.1) is 0 Å². The number of fused-ring (bicyclic) bond motifs is 2. The van der Waals surface area contributed by atoms with Gasteiger partial charge in [-0.05, 0) is 50.2 Å². The number of hydrogen-bond acceptors (Lipinski definition) is 3. The Morgan fingerprint density at radius 2 is 1.89 bits per heavy atom. The van der Waals surface area contributed by atoms with Gasteiger partial charge in [0.15, 0.2) is 0 Å². The van der Waals surface area contributed by atoms with Crippen molar-refractivity contribution < 1.29 is 14.6 Å². The molecule has 1 aromatic rings. The lowest BCUT2D eigenvalue weighted by Crippen LogP contribution is -2.20. The maximum atomic E-state index is 10.3. The van der Waals surface area contributed by atoms with Crippen molar-refractivity contribution in [1.29, 1.82) is 0 Å². The van der Waals surface area contributed by atoms with Gasteiger partial charge < -0.3 is 14.6 Å². The highest BCUT2D eigenvalue weighted by atomic mass is 16.5. The number of benzene rings is 1. The Labute approximate surface area is 113 Å². The topological polar surface area (TPSA) is 38.7 Å². The van der Waals surface area contributed by atoms with Crippen LogP contribution >= 0.6 is 0 Å². The maximum Gasteiger partial charge on any atom is 0.126 e. The van der Waals surface area contributed by atoms with Gasteiger partial charge in [0.1, 0.15) is 11.5 Å². The second-order valence-corrected chi connectivity index (χ2v) is 6.13. The van der Waals surface area contributed by atoms with Crippen LogP contribution in [0.4, 0.5) is 0 Å². The lowest BCUT2D eigenvalue weighted by atomic mass is 9.90. The number of rotatable bonds is 2. The van der Waals surface area contributed by atoms with Crippen LogP contribution in [-0.2, 0) is 19.3 Å². The van der Waals surface area contributed by atoms with Crippen LogP contribution in [0.2, 0.25) is 0 Å². The number of aryl methyl sites for hydroxylation is 1. The van der Waals surface area contributed by atoms with Gasteiger partial charge >= 0.3 is 0 Å². The molecule has 3 nitrogen and oxygen atoms in total. The number of aliphatic hydroxyl groups is 1. The smallest absolute Gasteiger partial charge is 0.126 e. The minimum absolute atomic E-state index is 0.471. The van der Waals surface area contributed by atoms with E-state index in [-0.39, 0.29) is 0 Å². The minimum Gasteiger partial charge on any atom is -0.493 e. The van der Waals surface area contributed by atoms with Crippen LogP contribution in [0.15, 0.2) is 6.07 Å². The van der Waals surface area contributed by atoms with Gasteiger partial charge in [-0.3, -0.25) is 0 Å². The fourth-order valence-corrected chi connectivity index (χ4v) is 3.26. The second kappa shape index (κ2) is 4.14. The summed E-state index contributed by atoms with van der Waals surface area (Å²) in [5.41, 5.74) is 3.31. The molecule has 1 aliphatic carbocycles. The molecule has 1 fully saturated rings. The predicted molar refractivity (Wildman–Crippen MR) is 72.0 cm³/mol. The van der Waals surface area contributed by atoms with Crippen molar-refractivity contribution in [3.8, 4) is 11.5 Å². The molecule has 2 heterocycles. The molecule has 102 valence electrons. The maximum absolute atomic E-state index is 10.3. The van der Waals surface area contributed by atoms with Crippen molar-refractivity contribution in [3.05, 3.63) is 22.8 Å². The van der Waals surface area contributed by atoms with Gasteiger partial charge in [0.2, 0.25) is 0 Å². The highest BCUT2D eigenvalue weighted by molar-refractivity contribution is 5.56. The van der Waals surface area contributed by atoms with Crippen molar-refractivity contribution in [1.82, 2.24) is 0 Å². The number of ether oxygens (including phenoxy) is 2. The molecule has 1 saturated carbocycles. The van der Waals surface area contributed by atoms with Crippen LogP contribution in [-0.4, -0.2) is 23.9 Å². The van der Waals surface area contributed by atoms with Crippen molar-refractivity contribution >= 4 is 0 Å². The lowest BCUT2D eigenvalue weighted by Gasteiger charge is -2.28. The number of hydrogen-bond donors (Lipinski definition) is 1. The van der Waals surface area contributed by atoms with E-state index in [9.17, 15) is 5.11 Å². The molecule has 4 rings (SSSR count). The molecule has 0 aromatic heterocycles. The van der Waals surface area contributed by atoms with E-state index < -0.39 is 5.60 Å². The van der Waals surface area contributed by atoms with Crippen molar-refractivity contribution in [2.45, 2.75) is 50.5 Å². The molecule has 0 atom stereocenters. The normalized spacial score (nSPS) is 22.8. The van der Waals surface area contributed by atoms with Crippen LogP contribution in [0.25, 0.3) is 0 Å². The highest BCUT2D eigenvalue weighted by Gasteiger charge is 2.42. The molecule has 0 amide bonds. The summed E-state index contributed by atoms with van der Waals surface area (Å²) in [5, 5.41) is 10.3. The molecular weight excluding hydrogens is 240 g/mol. The Balaban J connectivity index is 1.83. The van der Waals surface area contributed by atoms with Gasteiger partial charge in [0.25, 0.3) is 0 Å². The van der Waals surface area contributed by atoms with Gasteiger partial charge in [-0.2, -0.15) is 0 Å². The molecule has 1 N–H and O–H groups in total. The fraction of sp³-hybridized carbons (Fsp3) is 0.625. The second-order valence-electron chi connectivity index (χ2n) is 6.13. The van der Waals surface area contributed by atoms with Crippen molar-refractivity contribution in [2.75, 3.05) is 13.2 Å². The summed E-state index contributed by atoms with van der Waals surface area (Å²) in [6.07, 6.45) is 6.85. The van der Waals surface area contributed by atoms with Crippen LogP contribution in [0.1, 0.15) is 42.4 Å². The molecule has 0 saturated heterocycles. The first kappa shape index (κ1) is 11.6. The molecular formula is C16H20O3.